The Labute approximate surface area is 358 Å². The van der Waals surface area contributed by atoms with Gasteiger partial charge in [0.15, 0.2) is 17.5 Å². The second-order valence-electron chi connectivity index (χ2n) is 15.7. The van der Waals surface area contributed by atoms with Crippen LogP contribution in [0.5, 0.6) is 0 Å². The summed E-state index contributed by atoms with van der Waals surface area (Å²) in [4.78, 5) is 14.8. The van der Waals surface area contributed by atoms with Crippen molar-refractivity contribution in [2.24, 2.45) is 0 Å². The fourth-order valence-electron chi connectivity index (χ4n) is 8.99. The Kier molecular flexibility index (Phi) is 8.42. The van der Waals surface area contributed by atoms with Crippen LogP contribution in [-0.4, -0.2) is 24.1 Å². The quantitative estimate of drug-likeness (QED) is 0.162. The van der Waals surface area contributed by atoms with Crippen LogP contribution in [0.25, 0.3) is 111 Å². The largest absolute Gasteiger partial charge is 0.309 e. The van der Waals surface area contributed by atoms with E-state index in [1.54, 1.807) is 0 Å². The van der Waals surface area contributed by atoms with E-state index >= 15 is 0 Å². The highest BCUT2D eigenvalue weighted by Gasteiger charge is 2.17. The van der Waals surface area contributed by atoms with E-state index in [4.69, 9.17) is 15.0 Å². The number of fused-ring (bicyclic) bond motifs is 6. The summed E-state index contributed by atoms with van der Waals surface area (Å²) >= 11 is 0. The highest BCUT2D eigenvalue weighted by molar-refractivity contribution is 6.11. The van der Waals surface area contributed by atoms with Crippen molar-refractivity contribution < 1.29 is 0 Å². The lowest BCUT2D eigenvalue weighted by Gasteiger charge is -2.12. The lowest BCUT2D eigenvalue weighted by atomic mass is 10.0. The first-order valence-electron chi connectivity index (χ1n) is 20.9. The molecule has 0 N–H and O–H groups in total. The van der Waals surface area contributed by atoms with Crippen molar-refractivity contribution in [3.8, 4) is 67.8 Å². The van der Waals surface area contributed by atoms with Crippen LogP contribution < -0.4 is 0 Å². The van der Waals surface area contributed by atoms with E-state index in [2.05, 4.69) is 173 Å². The molecule has 3 heterocycles. The lowest BCUT2D eigenvalue weighted by molar-refractivity contribution is 1.07. The van der Waals surface area contributed by atoms with Crippen LogP contribution in [0.3, 0.4) is 0 Å². The van der Waals surface area contributed by atoms with Gasteiger partial charge in [0.2, 0.25) is 0 Å². The molecule has 0 aliphatic rings. The Bertz CT molecular complexity index is 3530. The van der Waals surface area contributed by atoms with Crippen LogP contribution in [0.15, 0.2) is 224 Å². The van der Waals surface area contributed by atoms with E-state index in [1.165, 1.54) is 49.2 Å². The molecule has 0 aliphatic heterocycles. The molecule has 5 nitrogen and oxygen atoms in total. The Morgan fingerprint density at radius 2 is 0.548 bits per heavy atom. The third-order valence-corrected chi connectivity index (χ3v) is 12.0. The fourth-order valence-corrected chi connectivity index (χ4v) is 8.99. The first-order chi connectivity index (χ1) is 30.7. The van der Waals surface area contributed by atoms with Gasteiger partial charge in [0.05, 0.1) is 22.1 Å². The van der Waals surface area contributed by atoms with Gasteiger partial charge in [0.25, 0.3) is 0 Å². The van der Waals surface area contributed by atoms with Crippen molar-refractivity contribution in [3.63, 3.8) is 0 Å². The van der Waals surface area contributed by atoms with Gasteiger partial charge in [-0.05, 0) is 70.8 Å². The summed E-state index contributed by atoms with van der Waals surface area (Å²) in [6, 6.07) is 79.4. The zero-order valence-corrected chi connectivity index (χ0v) is 33.6. The van der Waals surface area contributed by atoms with E-state index in [-0.39, 0.29) is 0 Å². The van der Waals surface area contributed by atoms with Gasteiger partial charge in [-0.3, -0.25) is 0 Å². The van der Waals surface area contributed by atoms with Gasteiger partial charge in [-0.2, -0.15) is 0 Å². The SMILES string of the molecule is c1ccc(-c2nc(-c3ccccc3)nc(-c3ccc(-c4ccc5c6ccccc6n(-c6ccc(-c7ccc8c9ccccc9n(-c9ccccc9)c8c7)cc6)c5c4)cc3)n2)cc1. The van der Waals surface area contributed by atoms with Gasteiger partial charge in [-0.1, -0.05) is 176 Å². The molecule has 0 radical (unpaired) electrons. The zero-order chi connectivity index (χ0) is 41.0. The molecule has 0 unspecified atom stereocenters. The highest BCUT2D eigenvalue weighted by atomic mass is 15.0. The number of aromatic nitrogens is 5. The molecule has 0 atom stereocenters. The fraction of sp³-hybridized carbons (Fsp3) is 0. The minimum Gasteiger partial charge on any atom is -0.309 e. The van der Waals surface area contributed by atoms with Gasteiger partial charge >= 0.3 is 0 Å². The standard InChI is InChI=1S/C57H37N5/c1-4-14-40(15-5-1)55-58-56(41-16-6-2-7-17-41)60-57(59-55)42-26-24-38(25-27-42)43-30-34-50-48-21-11-13-23-52(48)62(54(50)36-43)46-32-28-39(29-33-46)44-31-35-49-47-20-10-12-22-51(47)61(53(49)37-44)45-18-8-3-9-19-45/h1-37H. The summed E-state index contributed by atoms with van der Waals surface area (Å²) in [5, 5.41) is 4.95. The van der Waals surface area contributed by atoms with Crippen LogP contribution >= 0.6 is 0 Å². The molecule has 12 rings (SSSR count). The summed E-state index contributed by atoms with van der Waals surface area (Å²) in [5.74, 6) is 1.94. The topological polar surface area (TPSA) is 48.5 Å². The molecule has 0 amide bonds. The number of nitrogens with zero attached hydrogens (tertiary/aromatic N) is 5. The molecule has 9 aromatic carbocycles. The second kappa shape index (κ2) is 14.7. The maximum Gasteiger partial charge on any atom is 0.164 e. The summed E-state index contributed by atoms with van der Waals surface area (Å²) in [6.45, 7) is 0. The molecule has 0 fully saturated rings. The van der Waals surface area contributed by atoms with E-state index in [9.17, 15) is 0 Å². The number of hydrogen-bond acceptors (Lipinski definition) is 3. The first kappa shape index (κ1) is 35.5. The third-order valence-electron chi connectivity index (χ3n) is 12.0. The predicted molar refractivity (Wildman–Crippen MR) is 256 cm³/mol. The number of hydrogen-bond donors (Lipinski definition) is 0. The molecule has 290 valence electrons. The van der Waals surface area contributed by atoms with E-state index < -0.39 is 0 Å². The molecule has 12 aromatic rings. The molecule has 0 aliphatic carbocycles. The second-order valence-corrected chi connectivity index (χ2v) is 15.7. The smallest absolute Gasteiger partial charge is 0.164 e. The highest BCUT2D eigenvalue weighted by Crippen LogP contribution is 2.38. The monoisotopic (exact) mass is 791 g/mol. The number of benzene rings is 9. The molecule has 0 saturated heterocycles. The molecule has 5 heteroatoms. The van der Waals surface area contributed by atoms with Crippen molar-refractivity contribution in [2.45, 2.75) is 0 Å². The third kappa shape index (κ3) is 6.06. The van der Waals surface area contributed by atoms with Gasteiger partial charge in [-0.15, -0.1) is 0 Å². The molecular weight excluding hydrogens is 755 g/mol. The number of rotatable bonds is 7. The van der Waals surface area contributed by atoms with Crippen LogP contribution in [0, 0.1) is 0 Å². The summed E-state index contributed by atoms with van der Waals surface area (Å²) in [5.41, 5.74) is 14.5. The molecule has 0 bridgehead atoms. The van der Waals surface area contributed by atoms with E-state index in [0.717, 1.165) is 44.7 Å². The average Bonchev–Trinajstić information content (AvgIpc) is 3.87. The van der Waals surface area contributed by atoms with Gasteiger partial charge in [-0.25, -0.2) is 15.0 Å². The molecule has 0 saturated carbocycles. The van der Waals surface area contributed by atoms with Crippen molar-refractivity contribution >= 4 is 43.6 Å². The molecule has 62 heavy (non-hydrogen) atoms. The summed E-state index contributed by atoms with van der Waals surface area (Å²) in [6.07, 6.45) is 0. The molecule has 0 spiro atoms. The van der Waals surface area contributed by atoms with Crippen LogP contribution in [-0.2, 0) is 0 Å². The Balaban J connectivity index is 0.915. The number of para-hydroxylation sites is 3. The Morgan fingerprint density at radius 3 is 1.02 bits per heavy atom. The minimum absolute atomic E-state index is 0.641. The van der Waals surface area contributed by atoms with E-state index in [1.807, 2.05) is 60.7 Å². The predicted octanol–water partition coefficient (Wildman–Crippen LogP) is 14.4. The van der Waals surface area contributed by atoms with Crippen LogP contribution in [0.1, 0.15) is 0 Å². The summed E-state index contributed by atoms with van der Waals surface area (Å²) < 4.78 is 4.77. The van der Waals surface area contributed by atoms with Crippen molar-refractivity contribution in [2.75, 3.05) is 0 Å². The lowest BCUT2D eigenvalue weighted by Crippen LogP contribution is -2.00. The molecular formula is C57H37N5. The van der Waals surface area contributed by atoms with Gasteiger partial charge in [0.1, 0.15) is 0 Å². The van der Waals surface area contributed by atoms with Crippen molar-refractivity contribution in [1.29, 1.82) is 0 Å². The van der Waals surface area contributed by atoms with Crippen molar-refractivity contribution in [1.82, 2.24) is 24.1 Å². The average molecular weight is 792 g/mol. The molecule has 3 aromatic heterocycles. The van der Waals surface area contributed by atoms with Crippen LogP contribution in [0.4, 0.5) is 0 Å². The Hall–Kier alpha value is -8.41. The van der Waals surface area contributed by atoms with E-state index in [0.29, 0.717) is 17.5 Å². The summed E-state index contributed by atoms with van der Waals surface area (Å²) in [7, 11) is 0. The first-order valence-corrected chi connectivity index (χ1v) is 20.9. The van der Waals surface area contributed by atoms with Crippen molar-refractivity contribution in [3.05, 3.63) is 224 Å². The maximum atomic E-state index is 4.95. The van der Waals surface area contributed by atoms with Gasteiger partial charge < -0.3 is 9.13 Å². The Morgan fingerprint density at radius 1 is 0.226 bits per heavy atom. The minimum atomic E-state index is 0.641. The van der Waals surface area contributed by atoms with Crippen LogP contribution in [0.2, 0.25) is 0 Å². The normalized spacial score (nSPS) is 11.5. The maximum absolute atomic E-state index is 4.95. The van der Waals surface area contributed by atoms with Gasteiger partial charge in [0, 0.05) is 49.6 Å². The zero-order valence-electron chi connectivity index (χ0n) is 33.6.